The fraction of sp³-hybridized carbons (Fsp3) is 0.400. The van der Waals surface area contributed by atoms with Crippen molar-refractivity contribution in [2.75, 3.05) is 30.5 Å². The van der Waals surface area contributed by atoms with Crippen molar-refractivity contribution in [1.82, 2.24) is 20.1 Å². The molecule has 12 nitrogen and oxygen atoms in total. The SMILES string of the molecule is COCCOc1ncc(N(C(=O)OC(C)(C)C)c2ncc(-c3ccc(CC(=O)Nc4cc(C5(C(F)(F)F)CC5)on4)c(F)c3)cn2)s1. The highest BCUT2D eigenvalue weighted by molar-refractivity contribution is 7.17. The standard InChI is InChI=1S/C30H30F4N6O6S/c1-28(2,3)45-27(42)40(24-16-37-26(47-24)44-10-9-43-4)25-35-14-19(15-36-25)17-5-6-18(20(31)11-17)12-23(41)38-22-13-21(46-39-22)29(7-8-29)30(32,33)34/h5-6,11,13-16H,7-10,12H2,1-4H3,(H,38,39,41). The highest BCUT2D eigenvalue weighted by Gasteiger charge is 2.67. The normalized spacial score (nSPS) is 14.0. The number of nitrogens with one attached hydrogen (secondary N) is 1. The minimum Gasteiger partial charge on any atom is -0.468 e. The molecule has 0 atom stereocenters. The van der Waals surface area contributed by atoms with Gasteiger partial charge in [-0.25, -0.2) is 29.0 Å². The summed E-state index contributed by atoms with van der Waals surface area (Å²) in [5.74, 6) is -2.00. The summed E-state index contributed by atoms with van der Waals surface area (Å²) in [4.78, 5) is 39.6. The van der Waals surface area contributed by atoms with E-state index in [1.807, 2.05) is 0 Å². The van der Waals surface area contributed by atoms with Gasteiger partial charge in [0.1, 0.15) is 28.4 Å². The van der Waals surface area contributed by atoms with E-state index in [2.05, 4.69) is 25.4 Å². The van der Waals surface area contributed by atoms with Gasteiger partial charge in [0, 0.05) is 31.1 Å². The number of hydrogen-bond donors (Lipinski definition) is 1. The quantitative estimate of drug-likeness (QED) is 0.136. The number of hydrogen-bond acceptors (Lipinski definition) is 11. The van der Waals surface area contributed by atoms with Gasteiger partial charge in [-0.2, -0.15) is 13.2 Å². The fourth-order valence-electron chi connectivity index (χ4n) is 4.38. The molecule has 0 saturated heterocycles. The molecule has 1 aliphatic carbocycles. The molecule has 4 aromatic rings. The molecule has 3 heterocycles. The maximum absolute atomic E-state index is 15.1. The zero-order chi connectivity index (χ0) is 34.0. The summed E-state index contributed by atoms with van der Waals surface area (Å²) < 4.78 is 76.0. The van der Waals surface area contributed by atoms with Crippen LogP contribution in [0.2, 0.25) is 0 Å². The van der Waals surface area contributed by atoms with E-state index in [0.717, 1.165) is 22.3 Å². The third-order valence-corrected chi connectivity index (χ3v) is 7.79. The number of benzene rings is 1. The van der Waals surface area contributed by atoms with Gasteiger partial charge in [-0.1, -0.05) is 28.6 Å². The molecule has 250 valence electrons. The first-order chi connectivity index (χ1) is 22.2. The Kier molecular flexibility index (Phi) is 9.49. The zero-order valence-electron chi connectivity index (χ0n) is 25.7. The maximum atomic E-state index is 15.1. The average Bonchev–Trinajstić information content (AvgIpc) is 3.49. The molecule has 1 fully saturated rings. The Morgan fingerprint density at radius 3 is 2.38 bits per heavy atom. The molecule has 17 heteroatoms. The first-order valence-corrected chi connectivity index (χ1v) is 15.1. The van der Waals surface area contributed by atoms with Crippen LogP contribution in [0, 0.1) is 5.82 Å². The molecule has 1 aliphatic rings. The van der Waals surface area contributed by atoms with E-state index in [4.69, 9.17) is 18.7 Å². The summed E-state index contributed by atoms with van der Waals surface area (Å²) in [5.41, 5.74) is -2.07. The Hall–Kier alpha value is -4.64. The number of methoxy groups -OCH3 is 1. The van der Waals surface area contributed by atoms with Gasteiger partial charge in [0.15, 0.2) is 11.6 Å². The number of carbonyl (C=O) groups excluding carboxylic acids is 2. The van der Waals surface area contributed by atoms with Crippen LogP contribution < -0.4 is 15.0 Å². The van der Waals surface area contributed by atoms with Crippen LogP contribution in [0.4, 0.5) is 39.1 Å². The zero-order valence-corrected chi connectivity index (χ0v) is 26.5. The van der Waals surface area contributed by atoms with Crippen molar-refractivity contribution < 1.29 is 45.9 Å². The average molecular weight is 679 g/mol. The van der Waals surface area contributed by atoms with Crippen molar-refractivity contribution in [3.05, 3.63) is 60.0 Å². The van der Waals surface area contributed by atoms with Crippen molar-refractivity contribution in [1.29, 1.82) is 0 Å². The summed E-state index contributed by atoms with van der Waals surface area (Å²) in [7, 11) is 1.54. The largest absolute Gasteiger partial charge is 0.468 e. The third kappa shape index (κ3) is 7.85. The summed E-state index contributed by atoms with van der Waals surface area (Å²) in [5, 5.41) is 6.49. The van der Waals surface area contributed by atoms with E-state index in [1.165, 1.54) is 37.8 Å². The van der Waals surface area contributed by atoms with Crippen molar-refractivity contribution in [3.8, 4) is 16.3 Å². The highest BCUT2D eigenvalue weighted by atomic mass is 32.1. The number of nitrogens with zero attached hydrogens (tertiary/aromatic N) is 5. The molecule has 3 aromatic heterocycles. The van der Waals surface area contributed by atoms with Crippen LogP contribution in [0.15, 0.2) is 47.4 Å². The monoisotopic (exact) mass is 678 g/mol. The first-order valence-electron chi connectivity index (χ1n) is 14.2. The van der Waals surface area contributed by atoms with Crippen LogP contribution >= 0.6 is 11.3 Å². The number of amides is 2. The van der Waals surface area contributed by atoms with Gasteiger partial charge in [-0.3, -0.25) is 4.79 Å². The number of anilines is 3. The third-order valence-electron chi connectivity index (χ3n) is 6.90. The number of halogens is 4. The number of alkyl halides is 3. The van der Waals surface area contributed by atoms with Crippen LogP contribution in [0.1, 0.15) is 44.9 Å². The summed E-state index contributed by atoms with van der Waals surface area (Å²) in [6.45, 7) is 5.75. The van der Waals surface area contributed by atoms with Crippen molar-refractivity contribution in [3.63, 3.8) is 0 Å². The summed E-state index contributed by atoms with van der Waals surface area (Å²) in [6, 6.07) is 5.17. The van der Waals surface area contributed by atoms with E-state index in [1.54, 1.807) is 26.8 Å². The predicted octanol–water partition coefficient (Wildman–Crippen LogP) is 6.60. The first kappa shape index (κ1) is 33.7. The Labute approximate surface area is 270 Å². The van der Waals surface area contributed by atoms with Gasteiger partial charge in [0.05, 0.1) is 19.2 Å². The van der Waals surface area contributed by atoms with Crippen molar-refractivity contribution >= 4 is 40.1 Å². The smallest absolute Gasteiger partial charge is 0.422 e. The van der Waals surface area contributed by atoms with E-state index in [9.17, 15) is 22.8 Å². The maximum Gasteiger partial charge on any atom is 0.422 e. The van der Waals surface area contributed by atoms with Crippen molar-refractivity contribution in [2.45, 2.75) is 57.2 Å². The number of rotatable bonds is 11. The van der Waals surface area contributed by atoms with Gasteiger partial charge >= 0.3 is 12.3 Å². The molecule has 47 heavy (non-hydrogen) atoms. The molecule has 1 aromatic carbocycles. The van der Waals surface area contributed by atoms with Crippen LogP contribution in [0.5, 0.6) is 5.19 Å². The minimum atomic E-state index is -4.49. The van der Waals surface area contributed by atoms with Crippen LogP contribution in [-0.2, 0) is 26.1 Å². The molecule has 0 radical (unpaired) electrons. The lowest BCUT2D eigenvalue weighted by molar-refractivity contribution is -0.165. The van der Waals surface area contributed by atoms with Crippen LogP contribution in [0.25, 0.3) is 11.1 Å². The van der Waals surface area contributed by atoms with Crippen LogP contribution in [0.3, 0.4) is 0 Å². The van der Waals surface area contributed by atoms with Crippen LogP contribution in [-0.4, -0.2) is 64.2 Å². The molecule has 0 spiro atoms. The summed E-state index contributed by atoms with van der Waals surface area (Å²) >= 11 is 1.08. The minimum absolute atomic E-state index is 0.0253. The van der Waals surface area contributed by atoms with E-state index in [0.29, 0.717) is 27.9 Å². The van der Waals surface area contributed by atoms with E-state index < -0.39 is 41.4 Å². The molecular weight excluding hydrogens is 648 g/mol. The second-order valence-electron chi connectivity index (χ2n) is 11.6. The van der Waals surface area contributed by atoms with E-state index >= 15 is 4.39 Å². The Morgan fingerprint density at radius 1 is 1.04 bits per heavy atom. The Bertz CT molecular complexity index is 1730. The lowest BCUT2D eigenvalue weighted by Gasteiger charge is -2.25. The highest BCUT2D eigenvalue weighted by Crippen LogP contribution is 2.59. The number of aromatic nitrogens is 4. The second kappa shape index (κ2) is 13.2. The second-order valence-corrected chi connectivity index (χ2v) is 12.6. The van der Waals surface area contributed by atoms with E-state index in [-0.39, 0.29) is 42.5 Å². The fourth-order valence-corrected chi connectivity index (χ4v) is 5.16. The summed E-state index contributed by atoms with van der Waals surface area (Å²) in [6.07, 6.45) is -1.68. The molecule has 1 N–H and O–H groups in total. The lowest BCUT2D eigenvalue weighted by atomic mass is 10.0. The lowest BCUT2D eigenvalue weighted by Crippen LogP contribution is -2.34. The van der Waals surface area contributed by atoms with Gasteiger partial charge < -0.3 is 24.1 Å². The van der Waals surface area contributed by atoms with Gasteiger partial charge in [0.25, 0.3) is 5.19 Å². The van der Waals surface area contributed by atoms with Gasteiger partial charge in [0.2, 0.25) is 11.9 Å². The molecule has 2 amide bonds. The van der Waals surface area contributed by atoms with Gasteiger partial charge in [-0.15, -0.1) is 0 Å². The molecule has 5 rings (SSSR count). The van der Waals surface area contributed by atoms with Crippen molar-refractivity contribution in [2.24, 2.45) is 0 Å². The number of ether oxygens (including phenoxy) is 3. The Morgan fingerprint density at radius 2 is 1.77 bits per heavy atom. The number of thiazole rings is 1. The Balaban J connectivity index is 1.27. The molecule has 0 unspecified atom stereocenters. The molecule has 0 bridgehead atoms. The number of carbonyl (C=O) groups is 2. The molecular formula is C30H30F4N6O6S. The molecule has 0 aliphatic heterocycles. The predicted molar refractivity (Wildman–Crippen MR) is 161 cm³/mol. The topological polar surface area (TPSA) is 142 Å². The van der Waals surface area contributed by atoms with Gasteiger partial charge in [-0.05, 0) is 50.8 Å². The molecule has 1 saturated carbocycles.